The lowest BCUT2D eigenvalue weighted by molar-refractivity contribution is 0.102. The maximum atomic E-state index is 13.8. The van der Waals surface area contributed by atoms with Gasteiger partial charge in [0.15, 0.2) is 0 Å². The molecular weight excluding hydrogens is 524 g/mol. The molecule has 0 saturated carbocycles. The minimum absolute atomic E-state index is 0.0111. The molecule has 202 valence electrons. The van der Waals surface area contributed by atoms with E-state index < -0.39 is 44.1 Å². The third kappa shape index (κ3) is 4.56. The summed E-state index contributed by atoms with van der Waals surface area (Å²) < 4.78 is 66.6. The molecule has 1 aliphatic rings. The van der Waals surface area contributed by atoms with Crippen LogP contribution in [0.15, 0.2) is 41.3 Å². The van der Waals surface area contributed by atoms with E-state index in [1.807, 2.05) is 0 Å². The molecule has 0 bridgehead atoms. The second-order valence-corrected chi connectivity index (χ2v) is 10.7. The Labute approximate surface area is 217 Å². The lowest BCUT2D eigenvalue weighted by Crippen LogP contribution is -2.41. The van der Waals surface area contributed by atoms with Gasteiger partial charge >= 0.3 is 6.09 Å². The first-order valence-electron chi connectivity index (χ1n) is 11.3. The maximum Gasteiger partial charge on any atom is 0.436 e. The first-order chi connectivity index (χ1) is 17.8. The number of nitrogen functional groups attached to an aromatic ring is 1. The van der Waals surface area contributed by atoms with Gasteiger partial charge in [-0.25, -0.2) is 22.0 Å². The van der Waals surface area contributed by atoms with Crippen LogP contribution in [0.5, 0.6) is 5.75 Å². The zero-order valence-electron chi connectivity index (χ0n) is 20.9. The van der Waals surface area contributed by atoms with Gasteiger partial charge in [0, 0.05) is 29.9 Å². The lowest BCUT2D eigenvalue weighted by atomic mass is 10.0. The molecule has 0 radical (unpaired) electrons. The number of rotatable bonds is 6. The number of ether oxygens (including phenoxy) is 2. The van der Waals surface area contributed by atoms with Crippen LogP contribution in [0.25, 0.3) is 0 Å². The first kappa shape index (κ1) is 27.0. The van der Waals surface area contributed by atoms with Gasteiger partial charge in [-0.05, 0) is 45.0 Å². The Balaban J connectivity index is 1.79. The van der Waals surface area contributed by atoms with E-state index in [1.54, 1.807) is 6.92 Å². The fourth-order valence-electron chi connectivity index (χ4n) is 4.24. The number of hydrogen-bond acceptors (Lipinski definition) is 8. The van der Waals surface area contributed by atoms with Crippen molar-refractivity contribution in [1.82, 2.24) is 14.1 Å². The summed E-state index contributed by atoms with van der Waals surface area (Å²) in [5.74, 6) is -2.53. The molecule has 1 aromatic heterocycles. The van der Waals surface area contributed by atoms with Crippen LogP contribution in [-0.4, -0.2) is 48.2 Å². The molecule has 0 saturated heterocycles. The van der Waals surface area contributed by atoms with Crippen molar-refractivity contribution in [3.8, 4) is 5.75 Å². The number of hydrogen-bond donors (Lipinski definition) is 2. The molecule has 14 heteroatoms. The van der Waals surface area contributed by atoms with Crippen molar-refractivity contribution in [2.75, 3.05) is 24.8 Å². The molecule has 3 aromatic rings. The number of methoxy groups -OCH3 is 1. The molecule has 0 spiro atoms. The fraction of sp³-hybridized carbons (Fsp3) is 0.292. The van der Waals surface area contributed by atoms with E-state index in [1.165, 1.54) is 39.2 Å². The van der Waals surface area contributed by atoms with Gasteiger partial charge in [0.1, 0.15) is 23.2 Å². The Bertz CT molecular complexity index is 1530. The van der Waals surface area contributed by atoms with Crippen LogP contribution in [0.2, 0.25) is 0 Å². The smallest absolute Gasteiger partial charge is 0.436 e. The Morgan fingerprint density at radius 1 is 1.16 bits per heavy atom. The largest absolute Gasteiger partial charge is 0.497 e. The highest BCUT2D eigenvalue weighted by atomic mass is 32.2. The van der Waals surface area contributed by atoms with Gasteiger partial charge < -0.3 is 20.5 Å². The number of nitrogens with two attached hydrogens (primary N) is 1. The lowest BCUT2D eigenvalue weighted by Gasteiger charge is -2.30. The van der Waals surface area contributed by atoms with E-state index in [9.17, 15) is 26.8 Å². The summed E-state index contributed by atoms with van der Waals surface area (Å²) in [5, 5.41) is 6.86. The molecule has 0 unspecified atom stereocenters. The number of anilines is 2. The van der Waals surface area contributed by atoms with Crippen LogP contribution >= 0.6 is 0 Å². The molecule has 11 nitrogen and oxygen atoms in total. The standard InChI is InChI=1S/C24H25F2N5O6S/c1-5-37-23(33)31-21(28-22(32)17-7-6-15(36-4)11-19(17)27)18-12-30(24(2,3)20(18)29-31)38(34,35)16-9-13(25)8-14(26)10-16/h6-11H,5,12,27H2,1-4H3,(H,28,32). The van der Waals surface area contributed by atoms with Gasteiger partial charge in [-0.2, -0.15) is 9.40 Å². The predicted octanol–water partition coefficient (Wildman–Crippen LogP) is 3.45. The monoisotopic (exact) mass is 549 g/mol. The quantitative estimate of drug-likeness (QED) is 0.445. The summed E-state index contributed by atoms with van der Waals surface area (Å²) in [5.41, 5.74) is 5.11. The summed E-state index contributed by atoms with van der Waals surface area (Å²) in [4.78, 5) is 25.3. The Hall–Kier alpha value is -4.04. The molecule has 3 N–H and O–H groups in total. The van der Waals surface area contributed by atoms with Gasteiger partial charge in [0.05, 0.1) is 35.4 Å². The topological polar surface area (TPSA) is 146 Å². The molecule has 0 aliphatic carbocycles. The number of sulfonamides is 1. The minimum atomic E-state index is -4.44. The van der Waals surface area contributed by atoms with Crippen LogP contribution in [0.4, 0.5) is 25.1 Å². The van der Waals surface area contributed by atoms with E-state index in [0.717, 1.165) is 8.99 Å². The van der Waals surface area contributed by atoms with Gasteiger partial charge in [-0.15, -0.1) is 4.68 Å². The van der Waals surface area contributed by atoms with Gasteiger partial charge in [0.25, 0.3) is 5.91 Å². The van der Waals surface area contributed by atoms with Crippen molar-refractivity contribution < 1.29 is 36.3 Å². The van der Waals surface area contributed by atoms with E-state index in [2.05, 4.69) is 10.4 Å². The number of nitrogens with zero attached hydrogens (tertiary/aromatic N) is 3. The average Bonchev–Trinajstić information content (AvgIpc) is 3.33. The number of fused-ring (bicyclic) bond motifs is 1. The molecule has 1 amide bonds. The molecule has 4 rings (SSSR count). The summed E-state index contributed by atoms with van der Waals surface area (Å²) >= 11 is 0. The minimum Gasteiger partial charge on any atom is -0.497 e. The predicted molar refractivity (Wildman–Crippen MR) is 132 cm³/mol. The van der Waals surface area contributed by atoms with E-state index >= 15 is 0 Å². The molecule has 2 aromatic carbocycles. The summed E-state index contributed by atoms with van der Waals surface area (Å²) in [6.45, 7) is 4.26. The van der Waals surface area contributed by atoms with E-state index in [4.69, 9.17) is 15.2 Å². The highest BCUT2D eigenvalue weighted by molar-refractivity contribution is 7.89. The molecule has 0 fully saturated rings. The Morgan fingerprint density at radius 3 is 2.39 bits per heavy atom. The number of carbonyl (C=O) groups excluding carboxylic acids is 2. The number of halogens is 2. The Morgan fingerprint density at radius 2 is 1.82 bits per heavy atom. The Kier molecular flexibility index (Phi) is 6.88. The van der Waals surface area contributed by atoms with Crippen molar-refractivity contribution in [2.24, 2.45) is 0 Å². The van der Waals surface area contributed by atoms with Crippen LogP contribution in [0.3, 0.4) is 0 Å². The number of benzene rings is 2. The molecule has 1 aliphatic heterocycles. The third-order valence-corrected chi connectivity index (χ3v) is 8.09. The molecule has 0 atom stereocenters. The van der Waals surface area contributed by atoms with Crippen molar-refractivity contribution in [1.29, 1.82) is 0 Å². The number of carbonyl (C=O) groups is 2. The van der Waals surface area contributed by atoms with Crippen LogP contribution in [0.1, 0.15) is 42.4 Å². The molecular formula is C24H25F2N5O6S. The summed E-state index contributed by atoms with van der Waals surface area (Å²) in [7, 11) is -3.00. The fourth-order valence-corrected chi connectivity index (χ4v) is 6.00. The van der Waals surface area contributed by atoms with E-state index in [-0.39, 0.29) is 41.5 Å². The van der Waals surface area contributed by atoms with Crippen molar-refractivity contribution in [2.45, 2.75) is 37.8 Å². The first-order valence-corrected chi connectivity index (χ1v) is 12.8. The number of nitrogens with one attached hydrogen (secondary N) is 1. The summed E-state index contributed by atoms with van der Waals surface area (Å²) in [6, 6.07) is 6.36. The SMILES string of the molecule is CCOC(=O)n1nc2c(c1NC(=O)c1ccc(OC)cc1N)CN(S(=O)(=O)c1cc(F)cc(F)c1)C2(C)C. The average molecular weight is 550 g/mol. The normalized spacial score (nSPS) is 14.7. The van der Waals surface area contributed by atoms with Gasteiger partial charge in [-0.3, -0.25) is 4.79 Å². The second-order valence-electron chi connectivity index (χ2n) is 8.87. The number of aromatic nitrogens is 2. The van der Waals surface area contributed by atoms with Crippen molar-refractivity contribution >= 4 is 33.5 Å². The highest BCUT2D eigenvalue weighted by Gasteiger charge is 2.49. The third-order valence-electron chi connectivity index (χ3n) is 6.09. The van der Waals surface area contributed by atoms with Crippen molar-refractivity contribution in [3.05, 3.63) is 64.9 Å². The highest BCUT2D eigenvalue weighted by Crippen LogP contribution is 2.45. The zero-order chi connectivity index (χ0) is 28.0. The second kappa shape index (κ2) is 9.68. The maximum absolute atomic E-state index is 13.8. The van der Waals surface area contributed by atoms with Gasteiger partial charge in [-0.1, -0.05) is 0 Å². The molecule has 2 heterocycles. The van der Waals surface area contributed by atoms with Gasteiger partial charge in [0.2, 0.25) is 10.0 Å². The molecule has 38 heavy (non-hydrogen) atoms. The van der Waals surface area contributed by atoms with Crippen molar-refractivity contribution in [3.63, 3.8) is 0 Å². The van der Waals surface area contributed by atoms with Crippen LogP contribution in [-0.2, 0) is 26.8 Å². The van der Waals surface area contributed by atoms with E-state index in [0.29, 0.717) is 23.9 Å². The van der Waals surface area contributed by atoms with Crippen LogP contribution in [0, 0.1) is 11.6 Å². The summed E-state index contributed by atoms with van der Waals surface area (Å²) in [6.07, 6.45) is -0.905. The van der Waals surface area contributed by atoms with Crippen LogP contribution < -0.4 is 15.8 Å². The number of amides is 1. The zero-order valence-corrected chi connectivity index (χ0v) is 21.7.